The van der Waals surface area contributed by atoms with Gasteiger partial charge in [-0.3, -0.25) is 4.79 Å². The Bertz CT molecular complexity index is 463. The SMILES string of the molecule is Cl.NC(=O)[C@@H]1CC(C2CCCc3ccccc32)CN1. The number of nitrogens with one attached hydrogen (secondary N) is 1. The first kappa shape index (κ1) is 14.4. The van der Waals surface area contributed by atoms with E-state index in [1.807, 2.05) is 0 Å². The van der Waals surface area contributed by atoms with E-state index in [4.69, 9.17) is 5.73 Å². The summed E-state index contributed by atoms with van der Waals surface area (Å²) in [5, 5.41) is 3.26. The van der Waals surface area contributed by atoms with Gasteiger partial charge < -0.3 is 11.1 Å². The number of amides is 1. The molecule has 1 aromatic rings. The fourth-order valence-corrected chi connectivity index (χ4v) is 3.57. The zero-order valence-electron chi connectivity index (χ0n) is 11.0. The zero-order chi connectivity index (χ0) is 12.5. The average Bonchev–Trinajstić information content (AvgIpc) is 2.87. The van der Waals surface area contributed by atoms with Gasteiger partial charge in [-0.25, -0.2) is 0 Å². The van der Waals surface area contributed by atoms with Crippen LogP contribution in [0.15, 0.2) is 24.3 Å². The highest BCUT2D eigenvalue weighted by atomic mass is 35.5. The molecule has 0 saturated carbocycles. The van der Waals surface area contributed by atoms with Gasteiger partial charge in [0.2, 0.25) is 5.91 Å². The molecule has 3 N–H and O–H groups in total. The minimum absolute atomic E-state index is 0. The summed E-state index contributed by atoms with van der Waals surface area (Å²) in [6.07, 6.45) is 4.61. The Morgan fingerprint density at radius 3 is 2.84 bits per heavy atom. The van der Waals surface area contributed by atoms with Crippen LogP contribution in [0.4, 0.5) is 0 Å². The van der Waals surface area contributed by atoms with Crippen molar-refractivity contribution in [3.63, 3.8) is 0 Å². The van der Waals surface area contributed by atoms with Crippen molar-refractivity contribution in [3.8, 4) is 0 Å². The summed E-state index contributed by atoms with van der Waals surface area (Å²) in [4.78, 5) is 11.2. The Morgan fingerprint density at radius 2 is 2.11 bits per heavy atom. The molecule has 3 rings (SSSR count). The van der Waals surface area contributed by atoms with Gasteiger partial charge in [-0.15, -0.1) is 12.4 Å². The predicted octanol–water partition coefficient (Wildman–Crippen LogP) is 1.99. The van der Waals surface area contributed by atoms with Gasteiger partial charge in [0.25, 0.3) is 0 Å². The Kier molecular flexibility index (Phi) is 4.48. The molecule has 1 aliphatic carbocycles. The number of carbonyl (C=O) groups is 1. The highest BCUT2D eigenvalue weighted by Gasteiger charge is 2.35. The van der Waals surface area contributed by atoms with E-state index in [9.17, 15) is 4.79 Å². The van der Waals surface area contributed by atoms with E-state index >= 15 is 0 Å². The molecule has 3 nitrogen and oxygen atoms in total. The average molecular weight is 281 g/mol. The molecule has 19 heavy (non-hydrogen) atoms. The van der Waals surface area contributed by atoms with E-state index in [1.54, 1.807) is 0 Å². The van der Waals surface area contributed by atoms with Crippen molar-refractivity contribution in [1.82, 2.24) is 5.32 Å². The maximum Gasteiger partial charge on any atom is 0.234 e. The summed E-state index contributed by atoms with van der Waals surface area (Å²) in [5.74, 6) is 0.956. The Hall–Kier alpha value is -1.06. The highest BCUT2D eigenvalue weighted by Crippen LogP contribution is 2.39. The van der Waals surface area contributed by atoms with Crippen molar-refractivity contribution in [2.75, 3.05) is 6.54 Å². The fraction of sp³-hybridized carbons (Fsp3) is 0.533. The number of hydrogen-bond donors (Lipinski definition) is 2. The van der Waals surface area contributed by atoms with E-state index < -0.39 is 0 Å². The third-order valence-electron chi connectivity index (χ3n) is 4.49. The molecule has 0 radical (unpaired) electrons. The molecule has 1 aromatic carbocycles. The minimum atomic E-state index is -0.207. The molecule has 0 spiro atoms. The van der Waals surface area contributed by atoms with E-state index in [2.05, 4.69) is 29.6 Å². The fourth-order valence-electron chi connectivity index (χ4n) is 3.57. The number of carbonyl (C=O) groups excluding carboxylic acids is 1. The first-order valence-electron chi connectivity index (χ1n) is 6.86. The minimum Gasteiger partial charge on any atom is -0.368 e. The summed E-state index contributed by atoms with van der Waals surface area (Å²) in [7, 11) is 0. The number of nitrogens with two attached hydrogens (primary N) is 1. The number of hydrogen-bond acceptors (Lipinski definition) is 2. The lowest BCUT2D eigenvalue weighted by Gasteiger charge is -2.29. The Morgan fingerprint density at radius 1 is 1.32 bits per heavy atom. The first-order chi connectivity index (χ1) is 8.75. The molecule has 1 aliphatic heterocycles. The van der Waals surface area contributed by atoms with Crippen molar-refractivity contribution >= 4 is 18.3 Å². The number of primary amides is 1. The topological polar surface area (TPSA) is 55.1 Å². The standard InChI is InChI=1S/C15H20N2O.ClH/c16-15(18)14-8-11(9-17-14)13-7-3-5-10-4-1-2-6-12(10)13;/h1-2,4,6,11,13-14,17H,3,5,7-9H2,(H2,16,18);1H/t11?,13?,14-;/m0./s1. The molecule has 1 saturated heterocycles. The summed E-state index contributed by atoms with van der Waals surface area (Å²) < 4.78 is 0. The van der Waals surface area contributed by atoms with Crippen LogP contribution in [0.2, 0.25) is 0 Å². The molecule has 1 amide bonds. The van der Waals surface area contributed by atoms with Gasteiger partial charge in [-0.05, 0) is 55.2 Å². The second-order valence-electron chi connectivity index (χ2n) is 5.56. The van der Waals surface area contributed by atoms with Crippen molar-refractivity contribution in [2.45, 2.75) is 37.6 Å². The van der Waals surface area contributed by atoms with Gasteiger partial charge in [0.05, 0.1) is 6.04 Å². The second kappa shape index (κ2) is 5.93. The summed E-state index contributed by atoms with van der Waals surface area (Å²) in [6, 6.07) is 8.64. The van der Waals surface area contributed by atoms with Crippen molar-refractivity contribution in [3.05, 3.63) is 35.4 Å². The lowest BCUT2D eigenvalue weighted by Crippen LogP contribution is -2.36. The third kappa shape index (κ3) is 2.77. The lowest BCUT2D eigenvalue weighted by atomic mass is 9.75. The quantitative estimate of drug-likeness (QED) is 0.870. The van der Waals surface area contributed by atoms with E-state index in [0.717, 1.165) is 13.0 Å². The predicted molar refractivity (Wildman–Crippen MR) is 78.5 cm³/mol. The normalized spacial score (nSPS) is 29.4. The van der Waals surface area contributed by atoms with Crippen LogP contribution in [0.1, 0.15) is 36.3 Å². The van der Waals surface area contributed by atoms with E-state index in [-0.39, 0.29) is 24.4 Å². The maximum atomic E-state index is 11.2. The number of aryl methyl sites for hydroxylation is 1. The van der Waals surface area contributed by atoms with Crippen LogP contribution in [0.5, 0.6) is 0 Å². The third-order valence-corrected chi connectivity index (χ3v) is 4.49. The van der Waals surface area contributed by atoms with E-state index in [0.29, 0.717) is 11.8 Å². The maximum absolute atomic E-state index is 11.2. The lowest BCUT2D eigenvalue weighted by molar-refractivity contribution is -0.119. The highest BCUT2D eigenvalue weighted by molar-refractivity contribution is 5.85. The molecule has 1 fully saturated rings. The second-order valence-corrected chi connectivity index (χ2v) is 5.56. The van der Waals surface area contributed by atoms with Crippen LogP contribution < -0.4 is 11.1 Å². The largest absolute Gasteiger partial charge is 0.368 e. The van der Waals surface area contributed by atoms with Crippen LogP contribution in [-0.4, -0.2) is 18.5 Å². The number of benzene rings is 1. The molecule has 104 valence electrons. The van der Waals surface area contributed by atoms with E-state index in [1.165, 1.54) is 30.4 Å². The zero-order valence-corrected chi connectivity index (χ0v) is 11.8. The van der Waals surface area contributed by atoms with Gasteiger partial charge in [0.1, 0.15) is 0 Å². The molecular weight excluding hydrogens is 260 g/mol. The number of rotatable bonds is 2. The van der Waals surface area contributed by atoms with Crippen molar-refractivity contribution in [1.29, 1.82) is 0 Å². The molecule has 1 heterocycles. The molecule has 4 heteroatoms. The van der Waals surface area contributed by atoms with Gasteiger partial charge >= 0.3 is 0 Å². The first-order valence-corrected chi connectivity index (χ1v) is 6.86. The van der Waals surface area contributed by atoms with Gasteiger partial charge in [0, 0.05) is 0 Å². The van der Waals surface area contributed by atoms with Crippen LogP contribution in [0.25, 0.3) is 0 Å². The van der Waals surface area contributed by atoms with Crippen molar-refractivity contribution in [2.24, 2.45) is 11.7 Å². The Balaban J connectivity index is 0.00000133. The monoisotopic (exact) mass is 280 g/mol. The smallest absolute Gasteiger partial charge is 0.234 e. The summed E-state index contributed by atoms with van der Waals surface area (Å²) in [6.45, 7) is 0.923. The molecule has 2 aliphatic rings. The molecule has 0 aromatic heterocycles. The van der Waals surface area contributed by atoms with Gasteiger partial charge in [-0.1, -0.05) is 24.3 Å². The number of halogens is 1. The van der Waals surface area contributed by atoms with Crippen LogP contribution in [-0.2, 0) is 11.2 Å². The molecule has 3 atom stereocenters. The molecule has 2 unspecified atom stereocenters. The van der Waals surface area contributed by atoms with Crippen molar-refractivity contribution < 1.29 is 4.79 Å². The van der Waals surface area contributed by atoms with Gasteiger partial charge in [-0.2, -0.15) is 0 Å². The Labute approximate surface area is 120 Å². The van der Waals surface area contributed by atoms with Gasteiger partial charge in [0.15, 0.2) is 0 Å². The molecular formula is C15H21ClN2O. The van der Waals surface area contributed by atoms with Crippen LogP contribution in [0, 0.1) is 5.92 Å². The summed E-state index contributed by atoms with van der Waals surface area (Å²) >= 11 is 0. The number of fused-ring (bicyclic) bond motifs is 1. The van der Waals surface area contributed by atoms with Crippen LogP contribution >= 0.6 is 12.4 Å². The van der Waals surface area contributed by atoms with Crippen LogP contribution in [0.3, 0.4) is 0 Å². The molecule has 0 bridgehead atoms. The summed E-state index contributed by atoms with van der Waals surface area (Å²) in [5.41, 5.74) is 8.38.